The van der Waals surface area contributed by atoms with Crippen LogP contribution < -0.4 is 5.32 Å². The van der Waals surface area contributed by atoms with E-state index in [1.807, 2.05) is 32.9 Å². The molecule has 0 spiro atoms. The predicted molar refractivity (Wildman–Crippen MR) is 82.0 cm³/mol. The van der Waals surface area contributed by atoms with Crippen LogP contribution in [0.3, 0.4) is 0 Å². The van der Waals surface area contributed by atoms with E-state index in [1.165, 1.54) is 12.1 Å². The molecule has 4 nitrogen and oxygen atoms in total. The third-order valence-electron chi connectivity index (χ3n) is 3.29. The van der Waals surface area contributed by atoms with Gasteiger partial charge in [0.05, 0.1) is 5.56 Å². The van der Waals surface area contributed by atoms with Crippen LogP contribution in [-0.2, 0) is 0 Å². The number of aryl methyl sites for hydroxylation is 3. The molecule has 0 saturated heterocycles. The van der Waals surface area contributed by atoms with Crippen LogP contribution in [0.5, 0.6) is 0 Å². The summed E-state index contributed by atoms with van der Waals surface area (Å²) in [5.41, 5.74) is 4.38. The summed E-state index contributed by atoms with van der Waals surface area (Å²) < 4.78 is 0. The highest BCUT2D eigenvalue weighted by Gasteiger charge is 2.13. The molecule has 2 rings (SSSR count). The predicted octanol–water partition coefficient (Wildman–Crippen LogP) is 3.56. The highest BCUT2D eigenvalue weighted by atomic mass is 16.4. The molecule has 0 aliphatic carbocycles. The van der Waals surface area contributed by atoms with E-state index in [0.717, 1.165) is 16.7 Å². The van der Waals surface area contributed by atoms with Gasteiger partial charge in [-0.25, -0.2) is 4.79 Å². The van der Waals surface area contributed by atoms with Crippen LogP contribution in [0.25, 0.3) is 0 Å². The van der Waals surface area contributed by atoms with E-state index >= 15 is 0 Å². The summed E-state index contributed by atoms with van der Waals surface area (Å²) in [6.07, 6.45) is 0. The minimum absolute atomic E-state index is 0.187. The summed E-state index contributed by atoms with van der Waals surface area (Å²) in [5.74, 6) is -1.17. The lowest BCUT2D eigenvalue weighted by atomic mass is 9.99. The van der Waals surface area contributed by atoms with Crippen molar-refractivity contribution in [1.82, 2.24) is 0 Å². The van der Waals surface area contributed by atoms with Gasteiger partial charge in [-0.15, -0.1) is 0 Å². The molecule has 4 heteroatoms. The highest BCUT2D eigenvalue weighted by molar-refractivity contribution is 6.06. The maximum absolute atomic E-state index is 12.4. The van der Waals surface area contributed by atoms with Crippen LogP contribution in [0, 0.1) is 20.8 Å². The number of rotatable bonds is 3. The van der Waals surface area contributed by atoms with Crippen LogP contribution in [0.15, 0.2) is 36.4 Å². The second-order valence-corrected chi connectivity index (χ2v) is 5.11. The zero-order valence-electron chi connectivity index (χ0n) is 12.2. The van der Waals surface area contributed by atoms with Crippen molar-refractivity contribution in [3.05, 3.63) is 64.2 Å². The van der Waals surface area contributed by atoms with Gasteiger partial charge in [0.25, 0.3) is 5.91 Å². The summed E-state index contributed by atoms with van der Waals surface area (Å²) in [6.45, 7) is 5.80. The monoisotopic (exact) mass is 283 g/mol. The van der Waals surface area contributed by atoms with E-state index < -0.39 is 5.97 Å². The van der Waals surface area contributed by atoms with Crippen molar-refractivity contribution < 1.29 is 14.7 Å². The first-order valence-electron chi connectivity index (χ1n) is 6.61. The van der Waals surface area contributed by atoms with Gasteiger partial charge in [-0.1, -0.05) is 17.7 Å². The molecule has 0 aliphatic heterocycles. The number of amides is 1. The molecule has 2 aromatic rings. The van der Waals surface area contributed by atoms with Crippen LogP contribution in [0.1, 0.15) is 37.4 Å². The first-order valence-corrected chi connectivity index (χ1v) is 6.61. The minimum atomic E-state index is -0.988. The Balaban J connectivity index is 2.24. The molecule has 0 atom stereocenters. The molecule has 108 valence electrons. The molecule has 0 saturated carbocycles. The average molecular weight is 283 g/mol. The molecule has 21 heavy (non-hydrogen) atoms. The molecule has 2 N–H and O–H groups in total. The summed E-state index contributed by atoms with van der Waals surface area (Å²) >= 11 is 0. The highest BCUT2D eigenvalue weighted by Crippen LogP contribution is 2.18. The van der Waals surface area contributed by atoms with Crippen LogP contribution in [0.4, 0.5) is 5.69 Å². The van der Waals surface area contributed by atoms with Crippen LogP contribution in [-0.4, -0.2) is 17.0 Å². The number of aromatic carboxylic acids is 1. The topological polar surface area (TPSA) is 66.4 Å². The van der Waals surface area contributed by atoms with Gasteiger partial charge in [-0.2, -0.15) is 0 Å². The second kappa shape index (κ2) is 5.79. The minimum Gasteiger partial charge on any atom is -0.478 e. The summed E-state index contributed by atoms with van der Waals surface area (Å²) in [7, 11) is 0. The number of carboxylic acid groups (broad SMARTS) is 1. The molecule has 0 heterocycles. The quantitative estimate of drug-likeness (QED) is 0.905. The van der Waals surface area contributed by atoms with Gasteiger partial charge >= 0.3 is 5.97 Å². The van der Waals surface area contributed by atoms with E-state index in [-0.39, 0.29) is 11.5 Å². The Hall–Kier alpha value is -2.62. The van der Waals surface area contributed by atoms with Crippen molar-refractivity contribution in [1.29, 1.82) is 0 Å². The van der Waals surface area contributed by atoms with Gasteiger partial charge in [0.15, 0.2) is 0 Å². The van der Waals surface area contributed by atoms with E-state index in [0.29, 0.717) is 11.3 Å². The van der Waals surface area contributed by atoms with Crippen molar-refractivity contribution in [2.45, 2.75) is 20.8 Å². The fourth-order valence-corrected chi connectivity index (χ4v) is 2.43. The Morgan fingerprint density at radius 3 is 1.95 bits per heavy atom. The number of hydrogen-bond acceptors (Lipinski definition) is 2. The lowest BCUT2D eigenvalue weighted by molar-refractivity contribution is 0.0696. The Morgan fingerprint density at radius 2 is 1.48 bits per heavy atom. The largest absolute Gasteiger partial charge is 0.478 e. The van der Waals surface area contributed by atoms with Crippen molar-refractivity contribution in [2.75, 3.05) is 5.32 Å². The van der Waals surface area contributed by atoms with E-state index in [9.17, 15) is 9.59 Å². The fourth-order valence-electron chi connectivity index (χ4n) is 2.43. The summed E-state index contributed by atoms with van der Waals surface area (Å²) in [6, 6.07) is 10.0. The molecule has 2 aromatic carbocycles. The van der Waals surface area contributed by atoms with E-state index in [1.54, 1.807) is 12.1 Å². The number of anilines is 1. The molecule has 1 amide bonds. The van der Waals surface area contributed by atoms with Gasteiger partial charge in [-0.05, 0) is 56.2 Å². The summed E-state index contributed by atoms with van der Waals surface area (Å²) in [5, 5.41) is 11.6. The molecule has 0 radical (unpaired) electrons. The van der Waals surface area contributed by atoms with Crippen molar-refractivity contribution >= 4 is 17.6 Å². The first-order chi connectivity index (χ1) is 9.88. The van der Waals surface area contributed by atoms with Crippen LogP contribution in [0.2, 0.25) is 0 Å². The van der Waals surface area contributed by atoms with Gasteiger partial charge in [0.2, 0.25) is 0 Å². The SMILES string of the molecule is Cc1cc(C)c(C(=O)Nc2ccc(C(=O)O)cc2)c(C)c1. The second-order valence-electron chi connectivity index (χ2n) is 5.11. The molecule has 0 bridgehead atoms. The molecule has 0 aliphatic rings. The van der Waals surface area contributed by atoms with Crippen molar-refractivity contribution in [3.63, 3.8) is 0 Å². The molecular weight excluding hydrogens is 266 g/mol. The fraction of sp³-hybridized carbons (Fsp3) is 0.176. The third kappa shape index (κ3) is 3.28. The Morgan fingerprint density at radius 1 is 0.952 bits per heavy atom. The van der Waals surface area contributed by atoms with Crippen LogP contribution >= 0.6 is 0 Å². The Labute approximate surface area is 123 Å². The van der Waals surface area contributed by atoms with E-state index in [4.69, 9.17) is 5.11 Å². The molecule has 0 fully saturated rings. The number of nitrogens with one attached hydrogen (secondary N) is 1. The van der Waals surface area contributed by atoms with Gasteiger partial charge in [0, 0.05) is 11.3 Å². The number of hydrogen-bond donors (Lipinski definition) is 2. The number of carbonyl (C=O) groups excluding carboxylic acids is 1. The van der Waals surface area contributed by atoms with Gasteiger partial charge in [-0.3, -0.25) is 4.79 Å². The average Bonchev–Trinajstić information content (AvgIpc) is 2.37. The number of benzene rings is 2. The molecular formula is C17H17NO3. The summed E-state index contributed by atoms with van der Waals surface area (Å²) in [4.78, 5) is 23.1. The van der Waals surface area contributed by atoms with Gasteiger partial charge in [0.1, 0.15) is 0 Å². The zero-order valence-corrected chi connectivity index (χ0v) is 12.2. The maximum Gasteiger partial charge on any atom is 0.335 e. The zero-order chi connectivity index (χ0) is 15.6. The lowest BCUT2D eigenvalue weighted by Gasteiger charge is -2.12. The number of carbonyl (C=O) groups is 2. The molecule has 0 aromatic heterocycles. The van der Waals surface area contributed by atoms with Crippen molar-refractivity contribution in [2.24, 2.45) is 0 Å². The van der Waals surface area contributed by atoms with E-state index in [2.05, 4.69) is 5.32 Å². The first kappa shape index (κ1) is 14.8. The van der Waals surface area contributed by atoms with Crippen molar-refractivity contribution in [3.8, 4) is 0 Å². The Bertz CT molecular complexity index is 679. The number of carboxylic acids is 1. The standard InChI is InChI=1S/C17H17NO3/c1-10-8-11(2)15(12(3)9-10)16(19)18-14-6-4-13(5-7-14)17(20)21/h4-9H,1-3H3,(H,18,19)(H,20,21). The molecule has 0 unspecified atom stereocenters. The third-order valence-corrected chi connectivity index (χ3v) is 3.29. The Kier molecular flexibility index (Phi) is 4.08. The van der Waals surface area contributed by atoms with Gasteiger partial charge < -0.3 is 10.4 Å². The smallest absolute Gasteiger partial charge is 0.335 e. The lowest BCUT2D eigenvalue weighted by Crippen LogP contribution is -2.15. The maximum atomic E-state index is 12.4. The normalized spacial score (nSPS) is 10.2.